The van der Waals surface area contributed by atoms with Crippen LogP contribution in [0, 0.1) is 6.92 Å². The molecule has 0 radical (unpaired) electrons. The van der Waals surface area contributed by atoms with Gasteiger partial charge in [0.15, 0.2) is 0 Å². The van der Waals surface area contributed by atoms with Crippen LogP contribution in [0.15, 0.2) is 22.3 Å². The molecule has 21 heavy (non-hydrogen) atoms. The van der Waals surface area contributed by atoms with Gasteiger partial charge < -0.3 is 4.98 Å². The summed E-state index contributed by atoms with van der Waals surface area (Å²) in [4.78, 5) is 23.7. The Morgan fingerprint density at radius 3 is 2.95 bits per heavy atom. The Labute approximate surface area is 127 Å². The second kappa shape index (κ2) is 5.07. The van der Waals surface area contributed by atoms with Crippen molar-refractivity contribution in [1.82, 2.24) is 14.9 Å². The van der Waals surface area contributed by atoms with Crippen molar-refractivity contribution in [1.29, 1.82) is 0 Å². The summed E-state index contributed by atoms with van der Waals surface area (Å²) in [5, 5.41) is 2.14. The number of fused-ring (bicyclic) bond motifs is 3. The summed E-state index contributed by atoms with van der Waals surface area (Å²) in [6.45, 7) is 2.88. The van der Waals surface area contributed by atoms with E-state index >= 15 is 0 Å². The Morgan fingerprint density at radius 1 is 1.38 bits per heavy atom. The van der Waals surface area contributed by atoms with Crippen molar-refractivity contribution in [2.24, 2.45) is 0 Å². The lowest BCUT2D eigenvalue weighted by atomic mass is 9.98. The van der Waals surface area contributed by atoms with Crippen LogP contribution in [0.1, 0.15) is 34.8 Å². The Morgan fingerprint density at radius 2 is 2.19 bits per heavy atom. The lowest BCUT2D eigenvalue weighted by molar-refractivity contribution is 0.189. The molecule has 0 spiro atoms. The molecule has 2 aliphatic heterocycles. The minimum absolute atomic E-state index is 0.0705. The lowest BCUT2D eigenvalue weighted by Gasteiger charge is -2.27. The smallest absolute Gasteiger partial charge is 0.254 e. The van der Waals surface area contributed by atoms with Crippen molar-refractivity contribution in [3.8, 4) is 0 Å². The van der Waals surface area contributed by atoms with E-state index in [0.717, 1.165) is 36.5 Å². The zero-order valence-electron chi connectivity index (χ0n) is 12.1. The van der Waals surface area contributed by atoms with Gasteiger partial charge in [-0.05, 0) is 37.6 Å². The minimum Gasteiger partial charge on any atom is -0.311 e. The third-order valence-corrected chi connectivity index (χ3v) is 5.64. The second-order valence-electron chi connectivity index (χ2n) is 6.12. The average molecular weight is 301 g/mol. The van der Waals surface area contributed by atoms with Crippen LogP contribution in [0.25, 0.3) is 0 Å². The van der Waals surface area contributed by atoms with E-state index in [2.05, 4.69) is 32.4 Å². The van der Waals surface area contributed by atoms with E-state index in [0.29, 0.717) is 12.1 Å². The number of hydrogen-bond donors (Lipinski definition) is 1. The van der Waals surface area contributed by atoms with Gasteiger partial charge in [0.05, 0.1) is 5.69 Å². The number of rotatable bonds is 2. The van der Waals surface area contributed by atoms with Gasteiger partial charge in [-0.15, -0.1) is 11.3 Å². The topological polar surface area (TPSA) is 49.0 Å². The van der Waals surface area contributed by atoms with Gasteiger partial charge in [-0.1, -0.05) is 6.07 Å². The number of H-pyrrole nitrogens is 1. The van der Waals surface area contributed by atoms with Gasteiger partial charge in [0.2, 0.25) is 0 Å². The molecule has 4 nitrogen and oxygen atoms in total. The molecule has 0 amide bonds. The zero-order chi connectivity index (χ0) is 14.4. The second-order valence-corrected chi connectivity index (χ2v) is 7.15. The number of nitrogens with one attached hydrogen (secondary N) is 1. The highest BCUT2D eigenvalue weighted by molar-refractivity contribution is 7.09. The predicted molar refractivity (Wildman–Crippen MR) is 83.7 cm³/mol. The van der Waals surface area contributed by atoms with Crippen LogP contribution in [0.4, 0.5) is 0 Å². The maximum Gasteiger partial charge on any atom is 0.254 e. The molecule has 1 fully saturated rings. The molecule has 2 aromatic rings. The first kappa shape index (κ1) is 13.2. The molecule has 2 unspecified atom stereocenters. The van der Waals surface area contributed by atoms with E-state index < -0.39 is 0 Å². The van der Waals surface area contributed by atoms with Gasteiger partial charge in [-0.25, -0.2) is 4.98 Å². The van der Waals surface area contributed by atoms with Gasteiger partial charge in [0.1, 0.15) is 5.82 Å². The largest absolute Gasteiger partial charge is 0.311 e. The van der Waals surface area contributed by atoms with Gasteiger partial charge in [0.25, 0.3) is 5.56 Å². The first-order valence-corrected chi connectivity index (χ1v) is 8.45. The van der Waals surface area contributed by atoms with Crippen molar-refractivity contribution in [3.63, 3.8) is 0 Å². The van der Waals surface area contributed by atoms with Crippen LogP contribution in [0.5, 0.6) is 0 Å². The van der Waals surface area contributed by atoms with Gasteiger partial charge in [0, 0.05) is 35.5 Å². The number of aryl methyl sites for hydroxylation is 1. The highest BCUT2D eigenvalue weighted by atomic mass is 32.1. The summed E-state index contributed by atoms with van der Waals surface area (Å²) < 4.78 is 0. The number of aromatic nitrogens is 2. The van der Waals surface area contributed by atoms with Crippen molar-refractivity contribution in [3.05, 3.63) is 49.8 Å². The van der Waals surface area contributed by atoms with Crippen LogP contribution in [0.3, 0.4) is 0 Å². The fourth-order valence-electron chi connectivity index (χ4n) is 3.80. The Hall–Kier alpha value is -1.46. The first-order chi connectivity index (χ1) is 10.2. The summed E-state index contributed by atoms with van der Waals surface area (Å²) in [6, 6.07) is 5.34. The maximum atomic E-state index is 12.2. The van der Waals surface area contributed by atoms with Crippen molar-refractivity contribution in [2.45, 2.75) is 51.2 Å². The molecule has 0 aliphatic carbocycles. The molecular formula is C16H19N3OS. The summed E-state index contributed by atoms with van der Waals surface area (Å²) in [7, 11) is 0. The SMILES string of the molecule is Cc1nc2c(c(=O)[nH]1)CC1CCC(C2)N1Cc1cccs1. The van der Waals surface area contributed by atoms with Crippen LogP contribution < -0.4 is 5.56 Å². The fourth-order valence-corrected chi connectivity index (χ4v) is 4.51. The Bertz CT molecular complexity index is 707. The average Bonchev–Trinajstić information content (AvgIpc) is 3.01. The van der Waals surface area contributed by atoms with Crippen LogP contribution in [0.2, 0.25) is 0 Å². The lowest BCUT2D eigenvalue weighted by Crippen LogP contribution is -2.36. The van der Waals surface area contributed by atoms with E-state index in [1.807, 2.05) is 18.3 Å². The van der Waals surface area contributed by atoms with Gasteiger partial charge >= 0.3 is 0 Å². The van der Waals surface area contributed by atoms with Crippen LogP contribution >= 0.6 is 11.3 Å². The number of hydrogen-bond acceptors (Lipinski definition) is 4. The molecule has 0 aromatic carbocycles. The molecule has 2 aromatic heterocycles. The highest BCUT2D eigenvalue weighted by Crippen LogP contribution is 2.34. The standard InChI is InChI=1S/C16H19N3OS/c1-10-17-15-8-12-5-4-11(7-14(15)16(20)18-10)19(12)9-13-3-2-6-21-13/h2-3,6,11-12H,4-5,7-9H2,1H3,(H,17,18,20). The molecule has 0 saturated carbocycles. The van der Waals surface area contributed by atoms with E-state index in [1.54, 1.807) is 0 Å². The number of thiophene rings is 1. The zero-order valence-corrected chi connectivity index (χ0v) is 12.9. The maximum absolute atomic E-state index is 12.2. The third-order valence-electron chi connectivity index (χ3n) is 4.78. The van der Waals surface area contributed by atoms with E-state index in [4.69, 9.17) is 0 Å². The number of aromatic amines is 1. The molecule has 110 valence electrons. The Kier molecular flexibility index (Phi) is 3.19. The van der Waals surface area contributed by atoms with Gasteiger partial charge in [-0.3, -0.25) is 9.69 Å². The minimum atomic E-state index is 0.0705. The fraction of sp³-hybridized carbons (Fsp3) is 0.500. The van der Waals surface area contributed by atoms with E-state index in [-0.39, 0.29) is 5.56 Å². The third kappa shape index (κ3) is 2.34. The molecule has 2 bridgehead atoms. The number of nitrogens with zero attached hydrogens (tertiary/aromatic N) is 2. The molecule has 5 heteroatoms. The molecular weight excluding hydrogens is 282 g/mol. The molecule has 1 saturated heterocycles. The summed E-state index contributed by atoms with van der Waals surface area (Å²) in [5.41, 5.74) is 2.02. The van der Waals surface area contributed by atoms with Crippen LogP contribution in [-0.2, 0) is 19.4 Å². The van der Waals surface area contributed by atoms with E-state index in [1.165, 1.54) is 17.7 Å². The molecule has 4 rings (SSSR count). The van der Waals surface area contributed by atoms with Crippen molar-refractivity contribution < 1.29 is 0 Å². The quantitative estimate of drug-likeness (QED) is 0.926. The first-order valence-electron chi connectivity index (χ1n) is 7.57. The Balaban J connectivity index is 1.68. The van der Waals surface area contributed by atoms with Gasteiger partial charge in [-0.2, -0.15) is 0 Å². The molecule has 2 atom stereocenters. The van der Waals surface area contributed by atoms with Crippen LogP contribution in [-0.4, -0.2) is 27.0 Å². The molecule has 4 heterocycles. The summed E-state index contributed by atoms with van der Waals surface area (Å²) in [6.07, 6.45) is 4.19. The highest BCUT2D eigenvalue weighted by Gasteiger charge is 2.38. The molecule has 2 aliphatic rings. The monoisotopic (exact) mass is 301 g/mol. The van der Waals surface area contributed by atoms with Crippen molar-refractivity contribution in [2.75, 3.05) is 0 Å². The predicted octanol–water partition coefficient (Wildman–Crippen LogP) is 2.27. The summed E-state index contributed by atoms with van der Waals surface area (Å²) in [5.74, 6) is 0.737. The normalized spacial score (nSPS) is 24.8. The molecule has 1 N–H and O–H groups in total. The van der Waals surface area contributed by atoms with Crippen molar-refractivity contribution >= 4 is 11.3 Å². The van der Waals surface area contributed by atoms with E-state index in [9.17, 15) is 4.79 Å². The summed E-state index contributed by atoms with van der Waals surface area (Å²) >= 11 is 1.82.